The third kappa shape index (κ3) is 3.11. The topological polar surface area (TPSA) is 34.9 Å². The maximum atomic E-state index is 13.1. The molecule has 2 heterocycles. The van der Waals surface area contributed by atoms with Crippen molar-refractivity contribution in [1.29, 1.82) is 0 Å². The van der Waals surface area contributed by atoms with Crippen molar-refractivity contribution in [2.75, 3.05) is 0 Å². The Morgan fingerprint density at radius 1 is 0.885 bits per heavy atom. The summed E-state index contributed by atoms with van der Waals surface area (Å²) in [5.41, 5.74) is 3.71. The Bertz CT molecular complexity index is 1080. The largest absolute Gasteiger partial charge is 0.338 e. The molecule has 0 amide bonds. The van der Waals surface area contributed by atoms with E-state index in [1.807, 2.05) is 12.1 Å². The van der Waals surface area contributed by atoms with Crippen LogP contribution < -0.4 is 0 Å². The Hall–Kier alpha value is -3.34. The van der Waals surface area contributed by atoms with Crippen molar-refractivity contribution < 1.29 is 13.6 Å². The Balaban J connectivity index is 1.67. The molecule has 26 heavy (non-hydrogen) atoms. The number of nitrogens with zero attached hydrogens (tertiary/aromatic N) is 2. The molecule has 0 aliphatic rings. The van der Waals surface area contributed by atoms with E-state index in [9.17, 15) is 13.6 Å². The van der Waals surface area contributed by atoms with Gasteiger partial charge in [-0.15, -0.1) is 0 Å². The minimum atomic E-state index is -0.374. The first-order chi connectivity index (χ1) is 12.6. The van der Waals surface area contributed by atoms with Gasteiger partial charge in [-0.3, -0.25) is 9.78 Å². The monoisotopic (exact) mass is 348 g/mol. The van der Waals surface area contributed by atoms with E-state index >= 15 is 0 Å². The van der Waals surface area contributed by atoms with Gasteiger partial charge in [-0.1, -0.05) is 12.1 Å². The molecule has 5 heteroatoms. The summed E-state index contributed by atoms with van der Waals surface area (Å²) in [5.74, 6) is -0.785. The number of Topliss-reactive ketones (excluding diaryl/α,β-unsaturated/α-hetero) is 1. The molecular formula is C21H14F2N2O. The summed E-state index contributed by atoms with van der Waals surface area (Å²) in [6.45, 7) is 0.129. The molecule has 0 spiro atoms. The van der Waals surface area contributed by atoms with Crippen molar-refractivity contribution in [1.82, 2.24) is 9.55 Å². The molecule has 0 fully saturated rings. The van der Waals surface area contributed by atoms with Crippen molar-refractivity contribution in [2.45, 2.75) is 6.54 Å². The number of halogens is 2. The van der Waals surface area contributed by atoms with Crippen LogP contribution in [0.15, 0.2) is 73.1 Å². The van der Waals surface area contributed by atoms with Gasteiger partial charge < -0.3 is 4.57 Å². The average Bonchev–Trinajstić information content (AvgIpc) is 3.05. The lowest BCUT2D eigenvalue weighted by Gasteiger charge is -2.07. The number of hydrogen-bond acceptors (Lipinski definition) is 2. The number of benzene rings is 2. The molecule has 0 unspecified atom stereocenters. The maximum absolute atomic E-state index is 13.1. The maximum Gasteiger partial charge on any atom is 0.182 e. The van der Waals surface area contributed by atoms with Crippen molar-refractivity contribution >= 4 is 16.8 Å². The summed E-state index contributed by atoms with van der Waals surface area (Å²) >= 11 is 0. The zero-order valence-corrected chi connectivity index (χ0v) is 13.7. The summed E-state index contributed by atoms with van der Waals surface area (Å²) < 4.78 is 27.9. The summed E-state index contributed by atoms with van der Waals surface area (Å²) in [6.07, 6.45) is 3.52. The molecule has 0 saturated carbocycles. The fraction of sp³-hybridized carbons (Fsp3) is 0.0476. The molecule has 128 valence electrons. The molecule has 0 saturated heterocycles. The minimum Gasteiger partial charge on any atom is -0.338 e. The molecule has 0 atom stereocenters. The van der Waals surface area contributed by atoms with Crippen molar-refractivity contribution in [3.63, 3.8) is 0 Å². The SMILES string of the molecule is O=C(Cn1ccc2ncc(-c3ccc(F)cc3)cc21)c1ccc(F)cc1. The summed E-state index contributed by atoms with van der Waals surface area (Å²) in [4.78, 5) is 16.9. The molecule has 0 bridgehead atoms. The number of aromatic nitrogens is 2. The quantitative estimate of drug-likeness (QED) is 0.494. The van der Waals surface area contributed by atoms with Gasteiger partial charge in [0.15, 0.2) is 5.78 Å². The van der Waals surface area contributed by atoms with Crippen LogP contribution in [-0.2, 0) is 6.54 Å². The first-order valence-electron chi connectivity index (χ1n) is 8.10. The van der Waals surface area contributed by atoms with E-state index in [4.69, 9.17) is 0 Å². The first kappa shape index (κ1) is 16.1. The number of ketones is 1. The Labute approximate surface area is 148 Å². The minimum absolute atomic E-state index is 0.116. The highest BCUT2D eigenvalue weighted by Crippen LogP contribution is 2.24. The molecule has 0 N–H and O–H groups in total. The lowest BCUT2D eigenvalue weighted by Crippen LogP contribution is -2.09. The van der Waals surface area contributed by atoms with Crippen LogP contribution in [0.5, 0.6) is 0 Å². The highest BCUT2D eigenvalue weighted by molar-refractivity contribution is 5.96. The van der Waals surface area contributed by atoms with E-state index in [1.165, 1.54) is 36.4 Å². The second kappa shape index (κ2) is 6.52. The van der Waals surface area contributed by atoms with Crippen molar-refractivity contribution in [3.8, 4) is 11.1 Å². The van der Waals surface area contributed by atoms with Gasteiger partial charge >= 0.3 is 0 Å². The second-order valence-electron chi connectivity index (χ2n) is 6.01. The zero-order chi connectivity index (χ0) is 18.1. The van der Waals surface area contributed by atoms with Crippen molar-refractivity contribution in [3.05, 3.63) is 90.3 Å². The van der Waals surface area contributed by atoms with Crippen LogP contribution in [0.25, 0.3) is 22.2 Å². The van der Waals surface area contributed by atoms with E-state index < -0.39 is 0 Å². The molecular weight excluding hydrogens is 334 g/mol. The second-order valence-corrected chi connectivity index (χ2v) is 6.01. The standard InChI is InChI=1S/C21H14F2N2O/c22-17-5-1-14(2-6-17)16-11-20-19(24-12-16)9-10-25(20)13-21(26)15-3-7-18(23)8-4-15/h1-12H,13H2. The van der Waals surface area contributed by atoms with Gasteiger partial charge in [-0.05, 0) is 54.1 Å². The molecule has 0 aliphatic carbocycles. The molecule has 0 radical (unpaired) electrons. The Kier molecular flexibility index (Phi) is 4.05. The zero-order valence-electron chi connectivity index (χ0n) is 13.7. The third-order valence-corrected chi connectivity index (χ3v) is 4.28. The number of carbonyl (C=O) groups is 1. The van der Waals surface area contributed by atoms with Crippen molar-refractivity contribution in [2.24, 2.45) is 0 Å². The van der Waals surface area contributed by atoms with Crippen LogP contribution in [-0.4, -0.2) is 15.3 Å². The van der Waals surface area contributed by atoms with Gasteiger partial charge in [0.1, 0.15) is 11.6 Å². The van der Waals surface area contributed by atoms with Gasteiger partial charge in [0.2, 0.25) is 0 Å². The van der Waals surface area contributed by atoms with Gasteiger partial charge in [-0.25, -0.2) is 8.78 Å². The van der Waals surface area contributed by atoms with E-state index in [1.54, 1.807) is 29.1 Å². The number of pyridine rings is 1. The van der Waals surface area contributed by atoms with Gasteiger partial charge in [0, 0.05) is 23.5 Å². The normalized spacial score (nSPS) is 11.0. The van der Waals surface area contributed by atoms with Crippen LogP contribution in [0, 0.1) is 11.6 Å². The van der Waals surface area contributed by atoms with Crippen LogP contribution in [0.3, 0.4) is 0 Å². The predicted octanol–water partition coefficient (Wildman–Crippen LogP) is 4.86. The number of rotatable bonds is 4. The van der Waals surface area contributed by atoms with Crippen LogP contribution in [0.2, 0.25) is 0 Å². The fourth-order valence-corrected chi connectivity index (χ4v) is 2.88. The molecule has 4 aromatic rings. The van der Waals surface area contributed by atoms with Gasteiger partial charge in [0.25, 0.3) is 0 Å². The summed E-state index contributed by atoms with van der Waals surface area (Å²) in [7, 11) is 0. The van der Waals surface area contributed by atoms with Gasteiger partial charge in [0.05, 0.1) is 17.6 Å². The van der Waals surface area contributed by atoms with E-state index in [-0.39, 0.29) is 24.0 Å². The predicted molar refractivity (Wildman–Crippen MR) is 95.9 cm³/mol. The number of carbonyl (C=O) groups excluding carboxylic acids is 1. The fourth-order valence-electron chi connectivity index (χ4n) is 2.88. The molecule has 3 nitrogen and oxygen atoms in total. The Morgan fingerprint density at radius 2 is 1.54 bits per heavy atom. The third-order valence-electron chi connectivity index (χ3n) is 4.28. The molecule has 4 rings (SSSR count). The van der Waals surface area contributed by atoms with E-state index in [0.29, 0.717) is 5.56 Å². The number of hydrogen-bond donors (Lipinski definition) is 0. The Morgan fingerprint density at radius 3 is 2.23 bits per heavy atom. The van der Waals surface area contributed by atoms with Gasteiger partial charge in [-0.2, -0.15) is 0 Å². The van der Waals surface area contributed by atoms with Crippen LogP contribution in [0.1, 0.15) is 10.4 Å². The van der Waals surface area contributed by atoms with Crippen LogP contribution in [0.4, 0.5) is 8.78 Å². The smallest absolute Gasteiger partial charge is 0.182 e. The van der Waals surface area contributed by atoms with E-state index in [0.717, 1.165) is 22.2 Å². The summed E-state index contributed by atoms with van der Waals surface area (Å²) in [6, 6.07) is 15.4. The average molecular weight is 348 g/mol. The summed E-state index contributed by atoms with van der Waals surface area (Å²) in [5, 5.41) is 0. The van der Waals surface area contributed by atoms with E-state index in [2.05, 4.69) is 4.98 Å². The van der Waals surface area contributed by atoms with Crippen LogP contribution >= 0.6 is 0 Å². The molecule has 2 aromatic heterocycles. The highest BCUT2D eigenvalue weighted by Gasteiger charge is 2.11. The number of fused-ring (bicyclic) bond motifs is 1. The lowest BCUT2D eigenvalue weighted by molar-refractivity contribution is 0.0973. The first-order valence-corrected chi connectivity index (χ1v) is 8.10. The lowest BCUT2D eigenvalue weighted by atomic mass is 10.1. The molecule has 0 aliphatic heterocycles. The molecule has 2 aromatic carbocycles. The highest BCUT2D eigenvalue weighted by atomic mass is 19.1.